The van der Waals surface area contributed by atoms with Crippen LogP contribution in [0, 0.1) is 0 Å². The summed E-state index contributed by atoms with van der Waals surface area (Å²) < 4.78 is 12.0. The molecule has 0 spiro atoms. The van der Waals surface area contributed by atoms with Crippen molar-refractivity contribution in [1.82, 2.24) is 0 Å². The van der Waals surface area contributed by atoms with Crippen LogP contribution in [0.2, 0.25) is 0 Å². The SMILES string of the molecule is CC(C)O/C(=N\c1ccccc1)c1ccc(/C(=N/c2ccccc2)OC(C)C)cc1. The highest BCUT2D eigenvalue weighted by atomic mass is 16.5. The zero-order valence-corrected chi connectivity index (χ0v) is 17.9. The van der Waals surface area contributed by atoms with Gasteiger partial charge in [0.05, 0.1) is 23.6 Å². The van der Waals surface area contributed by atoms with Crippen molar-refractivity contribution in [1.29, 1.82) is 0 Å². The van der Waals surface area contributed by atoms with E-state index in [1.54, 1.807) is 0 Å². The molecule has 4 heteroatoms. The number of hydrogen-bond acceptors (Lipinski definition) is 4. The first-order chi connectivity index (χ1) is 14.5. The summed E-state index contributed by atoms with van der Waals surface area (Å²) in [6.07, 6.45) is 0.0400. The highest BCUT2D eigenvalue weighted by Gasteiger charge is 2.12. The number of hydrogen-bond donors (Lipinski definition) is 0. The Labute approximate surface area is 178 Å². The normalized spacial score (nSPS) is 12.3. The summed E-state index contributed by atoms with van der Waals surface area (Å²) in [5.41, 5.74) is 3.51. The van der Waals surface area contributed by atoms with E-state index in [9.17, 15) is 0 Å². The van der Waals surface area contributed by atoms with Gasteiger partial charge in [0.1, 0.15) is 0 Å². The highest BCUT2D eigenvalue weighted by molar-refractivity contribution is 5.99. The van der Waals surface area contributed by atoms with Gasteiger partial charge in [-0.3, -0.25) is 0 Å². The molecule has 0 N–H and O–H groups in total. The average molecular weight is 401 g/mol. The fourth-order valence-electron chi connectivity index (χ4n) is 2.76. The van der Waals surface area contributed by atoms with E-state index in [-0.39, 0.29) is 12.2 Å². The number of ether oxygens (including phenoxy) is 2. The first kappa shape index (κ1) is 21.3. The van der Waals surface area contributed by atoms with Crippen LogP contribution in [-0.2, 0) is 9.47 Å². The van der Waals surface area contributed by atoms with E-state index in [2.05, 4.69) is 0 Å². The van der Waals surface area contributed by atoms with Gasteiger partial charge in [-0.05, 0) is 76.2 Å². The molecule has 0 amide bonds. The lowest BCUT2D eigenvalue weighted by Crippen LogP contribution is -2.15. The third-order valence-corrected chi connectivity index (χ3v) is 4.05. The molecule has 0 radical (unpaired) electrons. The summed E-state index contributed by atoms with van der Waals surface area (Å²) in [5.74, 6) is 1.18. The van der Waals surface area contributed by atoms with Crippen LogP contribution >= 0.6 is 0 Å². The van der Waals surface area contributed by atoms with Gasteiger partial charge in [0.15, 0.2) is 0 Å². The van der Waals surface area contributed by atoms with Crippen LogP contribution < -0.4 is 0 Å². The smallest absolute Gasteiger partial charge is 0.221 e. The number of para-hydroxylation sites is 2. The molecule has 3 aromatic carbocycles. The van der Waals surface area contributed by atoms with E-state index in [0.717, 1.165) is 22.5 Å². The Hall–Kier alpha value is -3.40. The molecule has 0 saturated heterocycles. The van der Waals surface area contributed by atoms with Crippen molar-refractivity contribution in [3.8, 4) is 0 Å². The van der Waals surface area contributed by atoms with Gasteiger partial charge in [-0.25, -0.2) is 9.98 Å². The van der Waals surface area contributed by atoms with Crippen molar-refractivity contribution in [2.75, 3.05) is 0 Å². The second-order valence-corrected chi connectivity index (χ2v) is 7.42. The molecule has 30 heavy (non-hydrogen) atoms. The average Bonchev–Trinajstić information content (AvgIpc) is 2.74. The maximum absolute atomic E-state index is 5.99. The van der Waals surface area contributed by atoms with Gasteiger partial charge >= 0.3 is 0 Å². The summed E-state index contributed by atoms with van der Waals surface area (Å²) in [4.78, 5) is 9.39. The van der Waals surface area contributed by atoms with E-state index in [1.807, 2.05) is 113 Å². The minimum absolute atomic E-state index is 0.0200. The van der Waals surface area contributed by atoms with E-state index >= 15 is 0 Å². The predicted molar refractivity (Wildman–Crippen MR) is 124 cm³/mol. The van der Waals surface area contributed by atoms with E-state index < -0.39 is 0 Å². The van der Waals surface area contributed by atoms with E-state index in [1.165, 1.54) is 0 Å². The topological polar surface area (TPSA) is 43.2 Å². The van der Waals surface area contributed by atoms with Crippen molar-refractivity contribution in [2.24, 2.45) is 9.98 Å². The largest absolute Gasteiger partial charge is 0.475 e. The molecule has 0 saturated carbocycles. The molecule has 3 aromatic rings. The Balaban J connectivity index is 1.93. The standard InChI is InChI=1S/C26H28N2O2/c1-19(2)29-25(27-23-11-7-5-8-12-23)21-15-17-22(18-16-21)26(30-20(3)4)28-24-13-9-6-10-14-24/h5-20H,1-4H3/b27-25-,28-26-. The molecule has 0 unspecified atom stereocenters. The zero-order valence-electron chi connectivity index (χ0n) is 17.9. The second-order valence-electron chi connectivity index (χ2n) is 7.42. The molecular formula is C26H28N2O2. The number of benzene rings is 3. The maximum atomic E-state index is 5.99. The zero-order chi connectivity index (χ0) is 21.3. The Morgan fingerprint density at radius 2 is 0.867 bits per heavy atom. The summed E-state index contributed by atoms with van der Waals surface area (Å²) in [6, 6.07) is 27.6. The molecule has 0 aliphatic carbocycles. The highest BCUT2D eigenvalue weighted by Crippen LogP contribution is 2.18. The molecule has 0 aliphatic heterocycles. The molecular weight excluding hydrogens is 372 g/mol. The van der Waals surface area contributed by atoms with Crippen LogP contribution in [0.5, 0.6) is 0 Å². The van der Waals surface area contributed by atoms with Crippen molar-refractivity contribution in [2.45, 2.75) is 39.9 Å². The Morgan fingerprint density at radius 1 is 0.533 bits per heavy atom. The molecule has 0 heterocycles. The van der Waals surface area contributed by atoms with Crippen LogP contribution in [0.4, 0.5) is 11.4 Å². The van der Waals surface area contributed by atoms with Crippen LogP contribution in [0.3, 0.4) is 0 Å². The van der Waals surface area contributed by atoms with Crippen molar-refractivity contribution >= 4 is 23.2 Å². The predicted octanol–water partition coefficient (Wildman–Crippen LogP) is 6.69. The number of nitrogens with zero attached hydrogens (tertiary/aromatic N) is 2. The van der Waals surface area contributed by atoms with Gasteiger partial charge in [-0.2, -0.15) is 0 Å². The summed E-state index contributed by atoms with van der Waals surface area (Å²) in [7, 11) is 0. The Bertz CT molecular complexity index is 894. The van der Waals surface area contributed by atoms with Gasteiger partial charge in [-0.15, -0.1) is 0 Å². The van der Waals surface area contributed by atoms with Crippen molar-refractivity contribution in [3.05, 3.63) is 96.1 Å². The summed E-state index contributed by atoms with van der Waals surface area (Å²) >= 11 is 0. The third kappa shape index (κ3) is 6.31. The first-order valence-corrected chi connectivity index (χ1v) is 10.2. The van der Waals surface area contributed by atoms with Crippen LogP contribution in [0.1, 0.15) is 38.8 Å². The maximum Gasteiger partial charge on any atom is 0.221 e. The van der Waals surface area contributed by atoms with Crippen molar-refractivity contribution in [3.63, 3.8) is 0 Å². The van der Waals surface area contributed by atoms with Crippen molar-refractivity contribution < 1.29 is 9.47 Å². The van der Waals surface area contributed by atoms with Crippen LogP contribution in [0.15, 0.2) is 94.9 Å². The third-order valence-electron chi connectivity index (χ3n) is 4.05. The molecule has 154 valence electrons. The van der Waals surface area contributed by atoms with Crippen LogP contribution in [0.25, 0.3) is 0 Å². The molecule has 0 atom stereocenters. The first-order valence-electron chi connectivity index (χ1n) is 10.2. The lowest BCUT2D eigenvalue weighted by atomic mass is 10.1. The lowest BCUT2D eigenvalue weighted by molar-refractivity contribution is 0.229. The minimum Gasteiger partial charge on any atom is -0.475 e. The van der Waals surface area contributed by atoms with Gasteiger partial charge in [0, 0.05) is 11.1 Å². The van der Waals surface area contributed by atoms with E-state index in [0.29, 0.717) is 11.8 Å². The fraction of sp³-hybridized carbons (Fsp3) is 0.231. The van der Waals surface area contributed by atoms with Gasteiger partial charge in [0.25, 0.3) is 0 Å². The molecule has 4 nitrogen and oxygen atoms in total. The molecule has 0 aliphatic rings. The van der Waals surface area contributed by atoms with Crippen LogP contribution in [-0.4, -0.2) is 24.0 Å². The monoisotopic (exact) mass is 400 g/mol. The molecule has 0 fully saturated rings. The van der Waals surface area contributed by atoms with Gasteiger partial charge in [-0.1, -0.05) is 36.4 Å². The van der Waals surface area contributed by atoms with Gasteiger partial charge < -0.3 is 9.47 Å². The number of aliphatic imine (C=N–C) groups is 2. The summed E-state index contributed by atoms with van der Waals surface area (Å²) in [6.45, 7) is 7.98. The quantitative estimate of drug-likeness (QED) is 0.341. The summed E-state index contributed by atoms with van der Waals surface area (Å²) in [5, 5.41) is 0. The van der Waals surface area contributed by atoms with E-state index in [4.69, 9.17) is 19.5 Å². The minimum atomic E-state index is 0.0200. The fourth-order valence-corrected chi connectivity index (χ4v) is 2.76. The second kappa shape index (κ2) is 10.4. The molecule has 0 aromatic heterocycles. The Kier molecular flexibility index (Phi) is 7.39. The molecule has 0 bridgehead atoms. The molecule has 3 rings (SSSR count). The van der Waals surface area contributed by atoms with Gasteiger partial charge in [0.2, 0.25) is 11.8 Å². The lowest BCUT2D eigenvalue weighted by Gasteiger charge is -2.15. The Morgan fingerprint density at radius 3 is 1.17 bits per heavy atom. The number of rotatable bonds is 6.